The third-order valence-electron chi connectivity index (χ3n) is 3.50. The molecule has 0 fully saturated rings. The highest BCUT2D eigenvalue weighted by Crippen LogP contribution is 2.11. The first-order valence-corrected chi connectivity index (χ1v) is 8.64. The van der Waals surface area contributed by atoms with Gasteiger partial charge >= 0.3 is 11.9 Å². The maximum Gasteiger partial charge on any atom is 0.338 e. The van der Waals surface area contributed by atoms with Crippen LogP contribution in [0.3, 0.4) is 0 Å². The molecule has 0 aliphatic rings. The van der Waals surface area contributed by atoms with Gasteiger partial charge in [-0.2, -0.15) is 0 Å². The van der Waals surface area contributed by atoms with Gasteiger partial charge in [0.05, 0.1) is 37.6 Å². The molecule has 2 aromatic carbocycles. The van der Waals surface area contributed by atoms with E-state index in [4.69, 9.17) is 29.2 Å². The van der Waals surface area contributed by atoms with E-state index in [-0.39, 0.29) is 37.9 Å². The summed E-state index contributed by atoms with van der Waals surface area (Å²) in [5.74, 6) is -0.824. The third kappa shape index (κ3) is 7.65. The molecule has 28 heavy (non-hydrogen) atoms. The number of benzene rings is 2. The zero-order chi connectivity index (χ0) is 20.2. The van der Waals surface area contributed by atoms with Crippen LogP contribution in [-0.4, -0.2) is 61.8 Å². The number of esters is 2. The summed E-state index contributed by atoms with van der Waals surface area (Å²) in [6.45, 7) is 1.27. The molecule has 2 N–H and O–H groups in total. The molecule has 2 rings (SSSR count). The van der Waals surface area contributed by atoms with Gasteiger partial charge in [0, 0.05) is 0 Å². The molecule has 150 valence electrons. The van der Waals surface area contributed by atoms with Gasteiger partial charge in [-0.25, -0.2) is 9.59 Å². The lowest BCUT2D eigenvalue weighted by atomic mass is 10.2. The van der Waals surface area contributed by atoms with Crippen molar-refractivity contribution < 1.29 is 38.7 Å². The van der Waals surface area contributed by atoms with Crippen molar-refractivity contribution in [2.45, 2.75) is 0 Å². The van der Waals surface area contributed by atoms with Gasteiger partial charge in [0.1, 0.15) is 24.7 Å². The van der Waals surface area contributed by atoms with Crippen LogP contribution < -0.4 is 0 Å². The Morgan fingerprint density at radius 3 is 1.25 bits per heavy atom. The van der Waals surface area contributed by atoms with Crippen LogP contribution in [-0.2, 0) is 18.9 Å². The Morgan fingerprint density at radius 1 is 0.571 bits per heavy atom. The first-order chi connectivity index (χ1) is 13.6. The minimum atomic E-state index is -0.490. The Bertz CT molecular complexity index is 674. The van der Waals surface area contributed by atoms with Crippen molar-refractivity contribution in [1.29, 1.82) is 0 Å². The smallest absolute Gasteiger partial charge is 0.338 e. The van der Waals surface area contributed by atoms with Crippen LogP contribution in [0.25, 0.3) is 0 Å². The normalized spacial score (nSPS) is 10.4. The predicted molar refractivity (Wildman–Crippen MR) is 98.4 cm³/mol. The number of carbonyl (C=O) groups excluding carboxylic acids is 2. The number of phenols is 2. The topological polar surface area (TPSA) is 112 Å². The molecule has 0 heterocycles. The van der Waals surface area contributed by atoms with E-state index in [2.05, 4.69) is 0 Å². The summed E-state index contributed by atoms with van der Waals surface area (Å²) in [4.78, 5) is 23.4. The average Bonchev–Trinajstić information content (AvgIpc) is 2.70. The maximum absolute atomic E-state index is 11.7. The van der Waals surface area contributed by atoms with E-state index in [0.717, 1.165) is 0 Å². The molecule has 0 aliphatic carbocycles. The second kappa shape index (κ2) is 11.6. The monoisotopic (exact) mass is 390 g/mol. The first kappa shape index (κ1) is 21.2. The van der Waals surface area contributed by atoms with Crippen LogP contribution >= 0.6 is 0 Å². The summed E-state index contributed by atoms with van der Waals surface area (Å²) in [5, 5.41) is 18.3. The van der Waals surface area contributed by atoms with Crippen molar-refractivity contribution in [2.75, 3.05) is 39.6 Å². The molecule has 0 radical (unpaired) electrons. The van der Waals surface area contributed by atoms with Crippen molar-refractivity contribution in [2.24, 2.45) is 0 Å². The van der Waals surface area contributed by atoms with Crippen molar-refractivity contribution in [1.82, 2.24) is 0 Å². The Hall–Kier alpha value is -3.10. The van der Waals surface area contributed by atoms with Gasteiger partial charge < -0.3 is 29.2 Å². The SMILES string of the molecule is O=C(OCCOCCOCCOC(=O)c1ccc(O)cc1)c1ccc(O)cc1. The van der Waals surface area contributed by atoms with E-state index < -0.39 is 11.9 Å². The number of ether oxygens (including phenoxy) is 4. The van der Waals surface area contributed by atoms with E-state index in [1.165, 1.54) is 48.5 Å². The Morgan fingerprint density at radius 2 is 0.893 bits per heavy atom. The lowest BCUT2D eigenvalue weighted by Crippen LogP contribution is -2.15. The summed E-state index contributed by atoms with van der Waals surface area (Å²) < 4.78 is 20.6. The highest BCUT2D eigenvalue weighted by atomic mass is 16.6. The van der Waals surface area contributed by atoms with Crippen molar-refractivity contribution in [3.8, 4) is 11.5 Å². The number of rotatable bonds is 11. The minimum absolute atomic E-state index is 0.0787. The molecule has 0 atom stereocenters. The molecular weight excluding hydrogens is 368 g/mol. The molecule has 0 spiro atoms. The van der Waals surface area contributed by atoms with E-state index in [9.17, 15) is 9.59 Å². The zero-order valence-corrected chi connectivity index (χ0v) is 15.2. The summed E-state index contributed by atoms with van der Waals surface area (Å²) in [6, 6.07) is 11.5. The third-order valence-corrected chi connectivity index (χ3v) is 3.50. The molecule has 0 saturated heterocycles. The van der Waals surface area contributed by atoms with Crippen LogP contribution in [0, 0.1) is 0 Å². The van der Waals surface area contributed by atoms with Gasteiger partial charge in [0.25, 0.3) is 0 Å². The molecule has 0 aromatic heterocycles. The molecule has 8 nitrogen and oxygen atoms in total. The van der Waals surface area contributed by atoms with Crippen molar-refractivity contribution >= 4 is 11.9 Å². The quantitative estimate of drug-likeness (QED) is 0.443. The Labute approximate surface area is 162 Å². The van der Waals surface area contributed by atoms with Gasteiger partial charge in [0.15, 0.2) is 0 Å². The van der Waals surface area contributed by atoms with Gasteiger partial charge in [-0.3, -0.25) is 0 Å². The number of carbonyl (C=O) groups is 2. The van der Waals surface area contributed by atoms with Crippen LogP contribution in [0.15, 0.2) is 48.5 Å². The Balaban J connectivity index is 1.44. The molecule has 0 aliphatic heterocycles. The molecule has 0 saturated carbocycles. The van der Waals surface area contributed by atoms with E-state index in [1.807, 2.05) is 0 Å². The highest BCUT2D eigenvalue weighted by Gasteiger charge is 2.07. The van der Waals surface area contributed by atoms with Gasteiger partial charge in [0.2, 0.25) is 0 Å². The fraction of sp³-hybridized carbons (Fsp3) is 0.300. The van der Waals surface area contributed by atoms with Gasteiger partial charge in [-0.05, 0) is 48.5 Å². The van der Waals surface area contributed by atoms with Crippen molar-refractivity contribution in [3.05, 3.63) is 59.7 Å². The number of phenolic OH excluding ortho intramolecular Hbond substituents is 2. The van der Waals surface area contributed by atoms with Gasteiger partial charge in [-0.1, -0.05) is 0 Å². The van der Waals surface area contributed by atoms with E-state index in [0.29, 0.717) is 24.3 Å². The number of aromatic hydroxyl groups is 2. The fourth-order valence-corrected chi connectivity index (χ4v) is 2.07. The maximum atomic E-state index is 11.7. The molecule has 8 heteroatoms. The second-order valence-electron chi connectivity index (χ2n) is 5.59. The van der Waals surface area contributed by atoms with Crippen LogP contribution in [0.1, 0.15) is 20.7 Å². The van der Waals surface area contributed by atoms with Crippen molar-refractivity contribution in [3.63, 3.8) is 0 Å². The summed E-state index contributed by atoms with van der Waals surface area (Å²) in [7, 11) is 0. The molecule has 0 unspecified atom stereocenters. The number of hydrogen-bond acceptors (Lipinski definition) is 8. The molecule has 0 amide bonds. The predicted octanol–water partition coefficient (Wildman–Crippen LogP) is 2.14. The summed E-state index contributed by atoms with van der Waals surface area (Å²) in [5.41, 5.74) is 0.700. The number of hydrogen-bond donors (Lipinski definition) is 2. The average molecular weight is 390 g/mol. The summed E-state index contributed by atoms with van der Waals surface area (Å²) in [6.07, 6.45) is 0. The minimum Gasteiger partial charge on any atom is -0.508 e. The zero-order valence-electron chi connectivity index (χ0n) is 15.2. The molecule has 0 bridgehead atoms. The largest absolute Gasteiger partial charge is 0.508 e. The summed E-state index contributed by atoms with van der Waals surface area (Å²) >= 11 is 0. The molecular formula is C20H22O8. The standard InChI is InChI=1S/C20H22O8/c21-17-5-1-15(2-6-17)19(23)27-13-11-25-9-10-26-12-14-28-20(24)16-3-7-18(22)8-4-16/h1-8,21-22H,9-14H2. The fourth-order valence-electron chi connectivity index (χ4n) is 2.07. The lowest BCUT2D eigenvalue weighted by molar-refractivity contribution is 0.00229. The first-order valence-electron chi connectivity index (χ1n) is 8.64. The van der Waals surface area contributed by atoms with Crippen LogP contribution in [0.5, 0.6) is 11.5 Å². The van der Waals surface area contributed by atoms with Crippen LogP contribution in [0.4, 0.5) is 0 Å². The Kier molecular flexibility index (Phi) is 8.77. The highest BCUT2D eigenvalue weighted by molar-refractivity contribution is 5.89. The lowest BCUT2D eigenvalue weighted by Gasteiger charge is -2.08. The second-order valence-corrected chi connectivity index (χ2v) is 5.59. The molecule has 2 aromatic rings. The van der Waals surface area contributed by atoms with Crippen LogP contribution in [0.2, 0.25) is 0 Å². The van der Waals surface area contributed by atoms with E-state index >= 15 is 0 Å². The van der Waals surface area contributed by atoms with Gasteiger partial charge in [-0.15, -0.1) is 0 Å². The van der Waals surface area contributed by atoms with E-state index in [1.54, 1.807) is 0 Å².